The van der Waals surface area contributed by atoms with Gasteiger partial charge in [-0.1, -0.05) is 15.9 Å². The summed E-state index contributed by atoms with van der Waals surface area (Å²) in [7, 11) is 0. The summed E-state index contributed by atoms with van der Waals surface area (Å²) < 4.78 is 40.8. The minimum atomic E-state index is -4.41. The molecule has 0 saturated heterocycles. The third kappa shape index (κ3) is 3.28. The van der Waals surface area contributed by atoms with E-state index in [4.69, 9.17) is 0 Å². The quantitative estimate of drug-likeness (QED) is 0.900. The van der Waals surface area contributed by atoms with Crippen LogP contribution in [0, 0.1) is 0 Å². The van der Waals surface area contributed by atoms with Crippen molar-refractivity contribution < 1.29 is 13.2 Å². The standard InChI is InChI=1S/C12H11BrF3N3/c1-2-19-7-9(6-17-19)18-11-4-3-8(13)5-10(11)12(14,15)16/h3-7,18H,2H2,1H3. The van der Waals surface area contributed by atoms with E-state index in [-0.39, 0.29) is 5.69 Å². The third-order valence-electron chi connectivity index (χ3n) is 2.52. The molecule has 1 heterocycles. The molecular weight excluding hydrogens is 323 g/mol. The number of nitrogens with zero attached hydrogens (tertiary/aromatic N) is 2. The van der Waals surface area contributed by atoms with Gasteiger partial charge in [0.25, 0.3) is 0 Å². The number of halogens is 4. The van der Waals surface area contributed by atoms with Crippen molar-refractivity contribution in [3.05, 3.63) is 40.6 Å². The first-order valence-corrected chi connectivity index (χ1v) is 6.35. The van der Waals surface area contributed by atoms with Gasteiger partial charge >= 0.3 is 6.18 Å². The van der Waals surface area contributed by atoms with Crippen molar-refractivity contribution >= 4 is 27.3 Å². The van der Waals surface area contributed by atoms with Crippen LogP contribution in [0.5, 0.6) is 0 Å². The number of benzene rings is 1. The Labute approximate surface area is 116 Å². The normalized spacial score (nSPS) is 11.6. The van der Waals surface area contributed by atoms with Gasteiger partial charge in [-0.15, -0.1) is 0 Å². The van der Waals surface area contributed by atoms with E-state index in [1.54, 1.807) is 16.9 Å². The van der Waals surface area contributed by atoms with Crippen LogP contribution in [0.2, 0.25) is 0 Å². The summed E-state index contributed by atoms with van der Waals surface area (Å²) in [6.07, 6.45) is -1.26. The summed E-state index contributed by atoms with van der Waals surface area (Å²) in [5, 5.41) is 6.74. The Morgan fingerprint density at radius 2 is 2.11 bits per heavy atom. The van der Waals surface area contributed by atoms with Crippen LogP contribution in [0.4, 0.5) is 24.5 Å². The Bertz CT molecular complexity index is 578. The first-order valence-electron chi connectivity index (χ1n) is 5.56. The van der Waals surface area contributed by atoms with Gasteiger partial charge in [-0.05, 0) is 25.1 Å². The first kappa shape index (κ1) is 13.9. The fourth-order valence-electron chi connectivity index (χ4n) is 1.62. The highest BCUT2D eigenvalue weighted by molar-refractivity contribution is 9.10. The molecular formula is C12H11BrF3N3. The molecule has 3 nitrogen and oxygen atoms in total. The topological polar surface area (TPSA) is 29.9 Å². The predicted molar refractivity (Wildman–Crippen MR) is 70.3 cm³/mol. The molecule has 0 aliphatic heterocycles. The summed E-state index contributed by atoms with van der Waals surface area (Å²) in [4.78, 5) is 0. The highest BCUT2D eigenvalue weighted by atomic mass is 79.9. The molecule has 0 aliphatic rings. The number of aryl methyl sites for hydroxylation is 1. The molecule has 1 N–H and O–H groups in total. The van der Waals surface area contributed by atoms with Crippen molar-refractivity contribution in [2.24, 2.45) is 0 Å². The lowest BCUT2D eigenvalue weighted by Crippen LogP contribution is -2.08. The summed E-state index contributed by atoms with van der Waals surface area (Å²) in [6.45, 7) is 2.56. The van der Waals surface area contributed by atoms with E-state index < -0.39 is 11.7 Å². The Hall–Kier alpha value is -1.50. The van der Waals surface area contributed by atoms with E-state index in [9.17, 15) is 13.2 Å². The second kappa shape index (κ2) is 5.24. The largest absolute Gasteiger partial charge is 0.418 e. The maximum atomic E-state index is 12.9. The molecule has 7 heteroatoms. The Balaban J connectivity index is 2.34. The van der Waals surface area contributed by atoms with Gasteiger partial charge < -0.3 is 5.32 Å². The van der Waals surface area contributed by atoms with Crippen LogP contribution in [0.1, 0.15) is 12.5 Å². The molecule has 0 bridgehead atoms. The second-order valence-corrected chi connectivity index (χ2v) is 4.81. The second-order valence-electron chi connectivity index (χ2n) is 3.90. The van der Waals surface area contributed by atoms with Crippen molar-refractivity contribution in [1.29, 1.82) is 0 Å². The van der Waals surface area contributed by atoms with E-state index in [1.807, 2.05) is 6.92 Å². The van der Waals surface area contributed by atoms with E-state index in [2.05, 4.69) is 26.3 Å². The fourth-order valence-corrected chi connectivity index (χ4v) is 1.98. The summed E-state index contributed by atoms with van der Waals surface area (Å²) in [5.41, 5.74) is -0.188. The van der Waals surface area contributed by atoms with Crippen LogP contribution in [0.15, 0.2) is 35.1 Å². The van der Waals surface area contributed by atoms with Gasteiger partial charge in [0.05, 0.1) is 23.1 Å². The molecule has 0 spiro atoms. The highest BCUT2D eigenvalue weighted by Gasteiger charge is 2.33. The van der Waals surface area contributed by atoms with Crippen molar-refractivity contribution in [2.45, 2.75) is 19.6 Å². The van der Waals surface area contributed by atoms with Crippen LogP contribution in [-0.4, -0.2) is 9.78 Å². The molecule has 0 saturated carbocycles. The fraction of sp³-hybridized carbons (Fsp3) is 0.250. The Kier molecular flexibility index (Phi) is 3.84. The monoisotopic (exact) mass is 333 g/mol. The maximum Gasteiger partial charge on any atom is 0.418 e. The molecule has 0 fully saturated rings. The minimum absolute atomic E-state index is 0.00588. The lowest BCUT2D eigenvalue weighted by molar-refractivity contribution is -0.137. The zero-order chi connectivity index (χ0) is 14.0. The summed E-state index contributed by atoms with van der Waals surface area (Å²) in [6, 6.07) is 3.99. The predicted octanol–water partition coefficient (Wildman–Crippen LogP) is 4.43. The average Bonchev–Trinajstić information content (AvgIpc) is 2.78. The average molecular weight is 334 g/mol. The molecule has 0 radical (unpaired) electrons. The van der Waals surface area contributed by atoms with Gasteiger partial charge in [-0.3, -0.25) is 4.68 Å². The molecule has 2 aromatic rings. The number of hydrogen-bond donors (Lipinski definition) is 1. The van der Waals surface area contributed by atoms with Crippen molar-refractivity contribution in [3.63, 3.8) is 0 Å². The number of hydrogen-bond acceptors (Lipinski definition) is 2. The molecule has 0 aliphatic carbocycles. The third-order valence-corrected chi connectivity index (χ3v) is 3.02. The van der Waals surface area contributed by atoms with Crippen LogP contribution in [0.25, 0.3) is 0 Å². The van der Waals surface area contributed by atoms with Gasteiger partial charge in [0.2, 0.25) is 0 Å². The Morgan fingerprint density at radius 3 is 2.68 bits per heavy atom. The van der Waals surface area contributed by atoms with E-state index in [0.717, 1.165) is 6.07 Å². The number of rotatable bonds is 3. The van der Waals surface area contributed by atoms with Gasteiger partial charge in [-0.25, -0.2) is 0 Å². The van der Waals surface area contributed by atoms with Crippen LogP contribution in [0.3, 0.4) is 0 Å². The van der Waals surface area contributed by atoms with Gasteiger partial charge in [0.1, 0.15) is 0 Å². The van der Waals surface area contributed by atoms with Crippen LogP contribution >= 0.6 is 15.9 Å². The molecule has 1 aromatic carbocycles. The van der Waals surface area contributed by atoms with Crippen molar-refractivity contribution in [2.75, 3.05) is 5.32 Å². The van der Waals surface area contributed by atoms with Crippen molar-refractivity contribution in [3.8, 4) is 0 Å². The summed E-state index contributed by atoms with van der Waals surface area (Å²) in [5.74, 6) is 0. The maximum absolute atomic E-state index is 12.9. The molecule has 0 unspecified atom stereocenters. The zero-order valence-corrected chi connectivity index (χ0v) is 11.6. The number of nitrogens with one attached hydrogen (secondary N) is 1. The lowest BCUT2D eigenvalue weighted by Gasteiger charge is -2.14. The van der Waals surface area contributed by atoms with E-state index in [0.29, 0.717) is 16.7 Å². The number of anilines is 2. The van der Waals surface area contributed by atoms with E-state index >= 15 is 0 Å². The number of alkyl halides is 3. The molecule has 0 atom stereocenters. The van der Waals surface area contributed by atoms with Gasteiger partial charge in [0, 0.05) is 17.2 Å². The molecule has 0 amide bonds. The molecule has 102 valence electrons. The van der Waals surface area contributed by atoms with E-state index in [1.165, 1.54) is 12.3 Å². The minimum Gasteiger partial charge on any atom is -0.352 e. The number of aromatic nitrogens is 2. The Morgan fingerprint density at radius 1 is 1.37 bits per heavy atom. The zero-order valence-electron chi connectivity index (χ0n) is 10.0. The SMILES string of the molecule is CCn1cc(Nc2ccc(Br)cc2C(F)(F)F)cn1. The van der Waals surface area contributed by atoms with Crippen LogP contribution in [-0.2, 0) is 12.7 Å². The molecule has 19 heavy (non-hydrogen) atoms. The van der Waals surface area contributed by atoms with Crippen molar-refractivity contribution in [1.82, 2.24) is 9.78 Å². The molecule has 1 aromatic heterocycles. The smallest absolute Gasteiger partial charge is 0.352 e. The van der Waals surface area contributed by atoms with Gasteiger partial charge in [-0.2, -0.15) is 18.3 Å². The lowest BCUT2D eigenvalue weighted by atomic mass is 10.1. The van der Waals surface area contributed by atoms with Crippen LogP contribution < -0.4 is 5.32 Å². The highest BCUT2D eigenvalue weighted by Crippen LogP contribution is 2.37. The summed E-state index contributed by atoms with van der Waals surface area (Å²) >= 11 is 3.05. The molecule has 2 rings (SSSR count). The van der Waals surface area contributed by atoms with Gasteiger partial charge in [0.15, 0.2) is 0 Å². The first-order chi connectivity index (χ1) is 8.90.